The van der Waals surface area contributed by atoms with Gasteiger partial charge in [-0.1, -0.05) is 35.5 Å². The van der Waals surface area contributed by atoms with Gasteiger partial charge >= 0.3 is 0 Å². The Bertz CT molecular complexity index is 958. The standard InChI is InChI=1S/C21H21N5O2/c1-16-23-21(24-28-16)18-8-9-19(22-15-18)25-11-13-26(14-12-25)20(27)10-7-17-5-3-2-4-6-17/h2-10,15H,11-14H2,1H3/b10-7-. The van der Waals surface area contributed by atoms with Crippen molar-refractivity contribution < 1.29 is 9.32 Å². The van der Waals surface area contributed by atoms with Crippen molar-refractivity contribution in [2.45, 2.75) is 6.92 Å². The monoisotopic (exact) mass is 375 g/mol. The zero-order valence-corrected chi connectivity index (χ0v) is 15.7. The van der Waals surface area contributed by atoms with Crippen LogP contribution >= 0.6 is 0 Å². The Hall–Kier alpha value is -3.48. The number of piperazine rings is 1. The fourth-order valence-corrected chi connectivity index (χ4v) is 3.11. The van der Waals surface area contributed by atoms with Crippen molar-refractivity contribution in [1.82, 2.24) is 20.0 Å². The number of hydrogen-bond acceptors (Lipinski definition) is 6. The van der Waals surface area contributed by atoms with Gasteiger partial charge in [0.15, 0.2) is 0 Å². The SMILES string of the molecule is Cc1nc(-c2ccc(N3CCN(C(=O)/C=C\c4ccccc4)CC3)nc2)no1. The molecule has 1 aliphatic heterocycles. The quantitative estimate of drug-likeness (QED) is 0.653. The highest BCUT2D eigenvalue weighted by Crippen LogP contribution is 2.19. The molecule has 3 heterocycles. The van der Waals surface area contributed by atoms with Gasteiger partial charge in [0.1, 0.15) is 5.82 Å². The van der Waals surface area contributed by atoms with Gasteiger partial charge in [0, 0.05) is 50.9 Å². The molecular weight excluding hydrogens is 354 g/mol. The van der Waals surface area contributed by atoms with Gasteiger partial charge in [-0.05, 0) is 23.8 Å². The second kappa shape index (κ2) is 8.04. The third-order valence-corrected chi connectivity index (χ3v) is 4.67. The number of hydrogen-bond donors (Lipinski definition) is 0. The van der Waals surface area contributed by atoms with E-state index in [0.29, 0.717) is 24.8 Å². The Morgan fingerprint density at radius 2 is 1.86 bits per heavy atom. The maximum absolute atomic E-state index is 12.4. The van der Waals surface area contributed by atoms with Crippen LogP contribution in [0, 0.1) is 6.92 Å². The maximum Gasteiger partial charge on any atom is 0.246 e. The summed E-state index contributed by atoms with van der Waals surface area (Å²) >= 11 is 0. The third kappa shape index (κ3) is 4.09. The van der Waals surface area contributed by atoms with Gasteiger partial charge < -0.3 is 14.3 Å². The number of aryl methyl sites for hydroxylation is 1. The molecule has 1 aromatic carbocycles. The van der Waals surface area contributed by atoms with Crippen molar-refractivity contribution in [2.24, 2.45) is 0 Å². The van der Waals surface area contributed by atoms with Crippen LogP contribution in [0.15, 0.2) is 59.3 Å². The van der Waals surface area contributed by atoms with E-state index >= 15 is 0 Å². The molecule has 1 fully saturated rings. The van der Waals surface area contributed by atoms with Gasteiger partial charge in [0.25, 0.3) is 0 Å². The summed E-state index contributed by atoms with van der Waals surface area (Å²) in [5, 5.41) is 3.91. The largest absolute Gasteiger partial charge is 0.353 e. The van der Waals surface area contributed by atoms with Crippen LogP contribution in [0.5, 0.6) is 0 Å². The fourth-order valence-electron chi connectivity index (χ4n) is 3.11. The number of benzene rings is 1. The van der Waals surface area contributed by atoms with Crippen molar-refractivity contribution in [3.8, 4) is 11.4 Å². The minimum atomic E-state index is 0.0410. The molecule has 0 aliphatic carbocycles. The van der Waals surface area contributed by atoms with Crippen molar-refractivity contribution in [3.63, 3.8) is 0 Å². The molecule has 0 unspecified atom stereocenters. The Balaban J connectivity index is 1.33. The molecule has 0 radical (unpaired) electrons. The fraction of sp³-hybridized carbons (Fsp3) is 0.238. The number of pyridine rings is 1. The number of amides is 1. The van der Waals surface area contributed by atoms with E-state index in [1.54, 1.807) is 19.2 Å². The molecular formula is C21H21N5O2. The zero-order chi connectivity index (χ0) is 19.3. The molecule has 0 bridgehead atoms. The van der Waals surface area contributed by atoms with Crippen LogP contribution < -0.4 is 4.90 Å². The molecule has 2 aromatic heterocycles. The molecule has 0 atom stereocenters. The molecule has 4 rings (SSSR count). The second-order valence-corrected chi connectivity index (χ2v) is 6.60. The van der Waals surface area contributed by atoms with Crippen LogP contribution in [-0.4, -0.2) is 52.1 Å². The predicted molar refractivity (Wildman–Crippen MR) is 107 cm³/mol. The average Bonchev–Trinajstić information content (AvgIpc) is 3.19. The molecule has 0 saturated carbocycles. The predicted octanol–water partition coefficient (Wildman–Crippen LogP) is 2.80. The second-order valence-electron chi connectivity index (χ2n) is 6.60. The molecule has 1 saturated heterocycles. The van der Waals surface area contributed by atoms with E-state index in [2.05, 4.69) is 20.0 Å². The highest BCUT2D eigenvalue weighted by Gasteiger charge is 2.20. The van der Waals surface area contributed by atoms with Crippen LogP contribution in [0.2, 0.25) is 0 Å². The molecule has 7 nitrogen and oxygen atoms in total. The van der Waals surface area contributed by atoms with Gasteiger partial charge in [0.05, 0.1) is 0 Å². The van der Waals surface area contributed by atoms with Gasteiger partial charge in [-0.15, -0.1) is 0 Å². The van der Waals surface area contributed by atoms with Gasteiger partial charge in [0.2, 0.25) is 17.6 Å². The highest BCUT2D eigenvalue weighted by molar-refractivity contribution is 5.91. The number of aromatic nitrogens is 3. The van der Waals surface area contributed by atoms with Crippen LogP contribution in [0.25, 0.3) is 17.5 Å². The summed E-state index contributed by atoms with van der Waals surface area (Å²) in [7, 11) is 0. The van der Waals surface area contributed by atoms with Gasteiger partial charge in [-0.2, -0.15) is 4.98 Å². The lowest BCUT2D eigenvalue weighted by Crippen LogP contribution is -2.48. The summed E-state index contributed by atoms with van der Waals surface area (Å²) in [5.74, 6) is 1.99. The smallest absolute Gasteiger partial charge is 0.246 e. The van der Waals surface area contributed by atoms with Crippen LogP contribution in [0.4, 0.5) is 5.82 Å². The van der Waals surface area contributed by atoms with Crippen molar-refractivity contribution in [1.29, 1.82) is 0 Å². The van der Waals surface area contributed by atoms with E-state index in [9.17, 15) is 4.79 Å². The molecule has 28 heavy (non-hydrogen) atoms. The van der Waals surface area contributed by atoms with E-state index in [1.165, 1.54) is 0 Å². The first-order valence-corrected chi connectivity index (χ1v) is 9.23. The summed E-state index contributed by atoms with van der Waals surface area (Å²) in [6, 6.07) is 13.7. The van der Waals surface area contributed by atoms with Crippen LogP contribution in [0.3, 0.4) is 0 Å². The molecule has 142 valence electrons. The number of nitrogens with zero attached hydrogens (tertiary/aromatic N) is 5. The third-order valence-electron chi connectivity index (χ3n) is 4.67. The molecule has 0 spiro atoms. The first-order valence-electron chi connectivity index (χ1n) is 9.23. The Morgan fingerprint density at radius 3 is 2.50 bits per heavy atom. The van der Waals surface area contributed by atoms with Crippen LogP contribution in [-0.2, 0) is 4.79 Å². The van der Waals surface area contributed by atoms with Crippen molar-refractivity contribution >= 4 is 17.8 Å². The lowest BCUT2D eigenvalue weighted by molar-refractivity contribution is -0.126. The van der Waals surface area contributed by atoms with Gasteiger partial charge in [-0.25, -0.2) is 4.98 Å². The van der Waals surface area contributed by atoms with Crippen molar-refractivity contribution in [2.75, 3.05) is 31.1 Å². The van der Waals surface area contributed by atoms with E-state index < -0.39 is 0 Å². The van der Waals surface area contributed by atoms with E-state index in [-0.39, 0.29) is 5.91 Å². The molecule has 3 aromatic rings. The lowest BCUT2D eigenvalue weighted by atomic mass is 10.2. The first-order chi connectivity index (χ1) is 13.7. The summed E-state index contributed by atoms with van der Waals surface area (Å²) in [5.41, 5.74) is 1.84. The number of carbonyl (C=O) groups is 1. The zero-order valence-electron chi connectivity index (χ0n) is 15.7. The van der Waals surface area contributed by atoms with Crippen molar-refractivity contribution in [3.05, 3.63) is 66.2 Å². The maximum atomic E-state index is 12.4. The molecule has 0 N–H and O–H groups in total. The molecule has 7 heteroatoms. The Labute approximate surface area is 163 Å². The highest BCUT2D eigenvalue weighted by atomic mass is 16.5. The first kappa shape index (κ1) is 17.9. The summed E-state index contributed by atoms with van der Waals surface area (Å²) in [4.78, 5) is 25.2. The Morgan fingerprint density at radius 1 is 1.07 bits per heavy atom. The van der Waals surface area contributed by atoms with Crippen LogP contribution in [0.1, 0.15) is 11.5 Å². The summed E-state index contributed by atoms with van der Waals surface area (Å²) < 4.78 is 5.01. The minimum Gasteiger partial charge on any atom is -0.353 e. The lowest BCUT2D eigenvalue weighted by Gasteiger charge is -2.35. The normalized spacial score (nSPS) is 14.6. The molecule has 1 amide bonds. The topological polar surface area (TPSA) is 75.4 Å². The number of rotatable bonds is 4. The van der Waals surface area contributed by atoms with Gasteiger partial charge in [-0.3, -0.25) is 4.79 Å². The van der Waals surface area contributed by atoms with E-state index in [4.69, 9.17) is 4.52 Å². The Kier molecular flexibility index (Phi) is 5.14. The number of carbonyl (C=O) groups excluding carboxylic acids is 1. The molecule has 1 aliphatic rings. The number of anilines is 1. The summed E-state index contributed by atoms with van der Waals surface area (Å²) in [6.45, 7) is 4.60. The minimum absolute atomic E-state index is 0.0410. The summed E-state index contributed by atoms with van der Waals surface area (Å²) in [6.07, 6.45) is 5.25. The van der Waals surface area contributed by atoms with E-state index in [0.717, 1.165) is 30.0 Å². The van der Waals surface area contributed by atoms with E-state index in [1.807, 2.05) is 53.4 Å². The average molecular weight is 375 g/mol.